The van der Waals surface area contributed by atoms with Crippen LogP contribution in [0.25, 0.3) is 0 Å². The van der Waals surface area contributed by atoms with E-state index in [1.54, 1.807) is 0 Å². The zero-order valence-corrected chi connectivity index (χ0v) is 7.45. The Morgan fingerprint density at radius 3 is 3.00 bits per heavy atom. The third-order valence-electron chi connectivity index (χ3n) is 1.94. The summed E-state index contributed by atoms with van der Waals surface area (Å²) in [5, 5.41) is 8.57. The smallest absolute Gasteiger partial charge is 0.0989 e. The summed E-state index contributed by atoms with van der Waals surface area (Å²) in [5.41, 5.74) is 0.780. The van der Waals surface area contributed by atoms with Crippen molar-refractivity contribution in [2.45, 2.75) is 19.8 Å². The van der Waals surface area contributed by atoms with E-state index in [2.05, 4.69) is 17.9 Å². The van der Waals surface area contributed by atoms with E-state index < -0.39 is 0 Å². The number of hydrogen-bond acceptors (Lipinski definition) is 2. The highest BCUT2D eigenvalue weighted by molar-refractivity contribution is 5.34. The van der Waals surface area contributed by atoms with Crippen LogP contribution in [0.2, 0.25) is 0 Å². The molecule has 1 aliphatic rings. The van der Waals surface area contributed by atoms with Crippen molar-refractivity contribution in [2.24, 2.45) is 0 Å². The molecule has 0 spiro atoms. The van der Waals surface area contributed by atoms with E-state index in [4.69, 9.17) is 5.26 Å². The maximum absolute atomic E-state index is 8.57. The molecule has 0 amide bonds. The first-order valence-electron chi connectivity index (χ1n) is 4.39. The average Bonchev–Trinajstić information content (AvgIpc) is 2.15. The van der Waals surface area contributed by atoms with Crippen LogP contribution in [0.3, 0.4) is 0 Å². The Balaban J connectivity index is 2.34. The summed E-state index contributed by atoms with van der Waals surface area (Å²) in [7, 11) is 0. The molecule has 0 fully saturated rings. The summed E-state index contributed by atoms with van der Waals surface area (Å²) in [5.74, 6) is 0. The van der Waals surface area contributed by atoms with Gasteiger partial charge >= 0.3 is 0 Å². The summed E-state index contributed by atoms with van der Waals surface area (Å²) < 4.78 is 0. The Bertz CT molecular complexity index is 233. The van der Waals surface area contributed by atoms with Gasteiger partial charge in [0.25, 0.3) is 0 Å². The zero-order chi connectivity index (χ0) is 8.81. The first kappa shape index (κ1) is 8.86. The molecule has 0 N–H and O–H groups in total. The third-order valence-corrected chi connectivity index (χ3v) is 1.94. The Morgan fingerprint density at radius 2 is 2.50 bits per heavy atom. The summed E-state index contributed by atoms with van der Waals surface area (Å²) in [6.07, 6.45) is 8.29. The van der Waals surface area contributed by atoms with Crippen molar-refractivity contribution in [3.05, 3.63) is 23.9 Å². The number of nitriles is 1. The molecule has 0 aromatic heterocycles. The molecule has 2 heteroatoms. The van der Waals surface area contributed by atoms with Crippen molar-refractivity contribution in [1.29, 1.82) is 5.26 Å². The highest BCUT2D eigenvalue weighted by atomic mass is 15.1. The molecule has 0 atom stereocenters. The Morgan fingerprint density at radius 1 is 1.67 bits per heavy atom. The van der Waals surface area contributed by atoms with Crippen LogP contribution in [0.1, 0.15) is 19.8 Å². The lowest BCUT2D eigenvalue weighted by molar-refractivity contribution is 0.400. The minimum absolute atomic E-state index is 0.780. The van der Waals surface area contributed by atoms with Crippen LogP contribution >= 0.6 is 0 Å². The van der Waals surface area contributed by atoms with E-state index in [0.717, 1.165) is 18.7 Å². The predicted molar refractivity (Wildman–Crippen MR) is 49.3 cm³/mol. The van der Waals surface area contributed by atoms with Gasteiger partial charge in [0.2, 0.25) is 0 Å². The minimum Gasteiger partial charge on any atom is -0.374 e. The van der Waals surface area contributed by atoms with Gasteiger partial charge in [-0.05, 0) is 18.6 Å². The predicted octanol–water partition coefficient (Wildman–Crippen LogP) is 2.07. The van der Waals surface area contributed by atoms with Gasteiger partial charge < -0.3 is 4.90 Å². The minimum atomic E-state index is 0.780. The molecular formula is C10H14N2. The van der Waals surface area contributed by atoms with Crippen LogP contribution in [0.15, 0.2) is 23.9 Å². The number of nitrogens with zero attached hydrogens (tertiary/aromatic N) is 2. The van der Waals surface area contributed by atoms with Gasteiger partial charge in [0.15, 0.2) is 0 Å². The van der Waals surface area contributed by atoms with E-state index in [9.17, 15) is 0 Å². The quantitative estimate of drug-likeness (QED) is 0.635. The van der Waals surface area contributed by atoms with Gasteiger partial charge in [-0.25, -0.2) is 0 Å². The van der Waals surface area contributed by atoms with Gasteiger partial charge in [0.05, 0.1) is 11.6 Å². The second kappa shape index (κ2) is 4.61. The summed E-state index contributed by atoms with van der Waals surface area (Å²) >= 11 is 0. The maximum Gasteiger partial charge on any atom is 0.0989 e. The monoisotopic (exact) mass is 162 g/mol. The molecule has 0 unspecified atom stereocenters. The number of allylic oxidation sites excluding steroid dienone is 2. The molecule has 0 aromatic carbocycles. The van der Waals surface area contributed by atoms with E-state index in [1.165, 1.54) is 12.8 Å². The molecule has 0 aliphatic carbocycles. The molecule has 1 heterocycles. The number of unbranched alkanes of at least 4 members (excludes halogenated alkanes) is 1. The van der Waals surface area contributed by atoms with Crippen molar-refractivity contribution in [3.63, 3.8) is 0 Å². The van der Waals surface area contributed by atoms with Crippen LogP contribution < -0.4 is 0 Å². The average molecular weight is 162 g/mol. The molecule has 0 radical (unpaired) electrons. The van der Waals surface area contributed by atoms with Crippen LogP contribution in [-0.4, -0.2) is 18.0 Å². The molecule has 12 heavy (non-hydrogen) atoms. The van der Waals surface area contributed by atoms with Gasteiger partial charge in [-0.2, -0.15) is 5.26 Å². The first-order valence-corrected chi connectivity index (χ1v) is 4.39. The lowest BCUT2D eigenvalue weighted by atomic mass is 10.2. The highest BCUT2D eigenvalue weighted by Gasteiger charge is 2.02. The number of rotatable bonds is 3. The van der Waals surface area contributed by atoms with Crippen LogP contribution in [-0.2, 0) is 0 Å². The Kier molecular flexibility index (Phi) is 3.40. The van der Waals surface area contributed by atoms with E-state index in [-0.39, 0.29) is 0 Å². The molecule has 1 aliphatic heterocycles. The second-order valence-corrected chi connectivity index (χ2v) is 2.94. The molecule has 0 saturated heterocycles. The van der Waals surface area contributed by atoms with Gasteiger partial charge in [-0.1, -0.05) is 13.3 Å². The van der Waals surface area contributed by atoms with Crippen LogP contribution in [0.4, 0.5) is 0 Å². The largest absolute Gasteiger partial charge is 0.374 e. The van der Waals surface area contributed by atoms with E-state index in [0.29, 0.717) is 0 Å². The van der Waals surface area contributed by atoms with Crippen molar-refractivity contribution in [3.8, 4) is 6.07 Å². The molecular weight excluding hydrogens is 148 g/mol. The topological polar surface area (TPSA) is 27.0 Å². The fraction of sp³-hybridized carbons (Fsp3) is 0.500. The zero-order valence-electron chi connectivity index (χ0n) is 7.45. The molecule has 0 aromatic rings. The van der Waals surface area contributed by atoms with Crippen LogP contribution in [0.5, 0.6) is 0 Å². The van der Waals surface area contributed by atoms with Crippen molar-refractivity contribution in [1.82, 2.24) is 4.90 Å². The fourth-order valence-corrected chi connectivity index (χ4v) is 1.14. The maximum atomic E-state index is 8.57. The van der Waals surface area contributed by atoms with E-state index in [1.807, 2.05) is 18.4 Å². The fourth-order valence-electron chi connectivity index (χ4n) is 1.14. The van der Waals surface area contributed by atoms with Crippen molar-refractivity contribution >= 4 is 0 Å². The van der Waals surface area contributed by atoms with Crippen molar-refractivity contribution < 1.29 is 0 Å². The van der Waals surface area contributed by atoms with Crippen molar-refractivity contribution in [2.75, 3.05) is 13.1 Å². The second-order valence-electron chi connectivity index (χ2n) is 2.94. The summed E-state index contributed by atoms with van der Waals surface area (Å²) in [6, 6.07) is 2.13. The Hall–Kier alpha value is -1.23. The summed E-state index contributed by atoms with van der Waals surface area (Å²) in [4.78, 5) is 2.23. The SMILES string of the molecule is CCCCN1C=CC(C#N)=CC1. The summed E-state index contributed by atoms with van der Waals surface area (Å²) in [6.45, 7) is 4.17. The first-order chi connectivity index (χ1) is 5.86. The lowest BCUT2D eigenvalue weighted by Crippen LogP contribution is -2.20. The van der Waals surface area contributed by atoms with Gasteiger partial charge in [0.1, 0.15) is 0 Å². The Labute approximate surface area is 73.8 Å². The molecule has 2 nitrogen and oxygen atoms in total. The van der Waals surface area contributed by atoms with Gasteiger partial charge in [-0.3, -0.25) is 0 Å². The number of hydrogen-bond donors (Lipinski definition) is 0. The lowest BCUT2D eigenvalue weighted by Gasteiger charge is -2.20. The molecule has 0 bridgehead atoms. The molecule has 64 valence electrons. The standard InChI is InChI=1S/C10H14N2/c1-2-3-6-12-7-4-10(9-11)5-8-12/h4-5,7H,2-3,6,8H2,1H3. The molecule has 1 rings (SSSR count). The van der Waals surface area contributed by atoms with Gasteiger partial charge in [0, 0.05) is 19.3 Å². The molecule has 0 saturated carbocycles. The van der Waals surface area contributed by atoms with Gasteiger partial charge in [-0.15, -0.1) is 0 Å². The highest BCUT2D eigenvalue weighted by Crippen LogP contribution is 2.06. The third kappa shape index (κ3) is 2.43. The van der Waals surface area contributed by atoms with E-state index >= 15 is 0 Å². The normalized spacial score (nSPS) is 15.7. The van der Waals surface area contributed by atoms with Crippen LogP contribution in [0, 0.1) is 11.3 Å².